The molecule has 78 valence electrons. The third-order valence-corrected chi connectivity index (χ3v) is 2.34. The molecule has 0 saturated heterocycles. The van der Waals surface area contributed by atoms with E-state index < -0.39 is 11.9 Å². The van der Waals surface area contributed by atoms with Crippen LogP contribution in [0.15, 0.2) is 6.07 Å². The molecule has 0 spiro atoms. The second kappa shape index (κ2) is 4.13. The number of benzene rings is 1. The van der Waals surface area contributed by atoms with Gasteiger partial charge in [-0.25, -0.2) is 4.39 Å². The number of nitrogens with two attached hydrogens (primary N) is 1. The van der Waals surface area contributed by atoms with Crippen molar-refractivity contribution in [2.45, 2.75) is 13.0 Å². The molecule has 0 aliphatic heterocycles. The van der Waals surface area contributed by atoms with Gasteiger partial charge in [-0.3, -0.25) is 0 Å². The predicted octanol–water partition coefficient (Wildman–Crippen LogP) is 1.49. The van der Waals surface area contributed by atoms with Gasteiger partial charge in [0.05, 0.1) is 11.1 Å². The number of rotatable bonds is 2. The molecule has 3 nitrogen and oxygen atoms in total. The molecule has 0 fully saturated rings. The third-order valence-electron chi connectivity index (χ3n) is 2.05. The second-order valence-electron chi connectivity index (χ2n) is 2.98. The first-order chi connectivity index (χ1) is 6.49. The topological polar surface area (TPSA) is 66.5 Å². The average molecular weight is 220 g/mol. The van der Waals surface area contributed by atoms with Gasteiger partial charge in [0, 0.05) is 12.1 Å². The molecule has 0 bridgehead atoms. The summed E-state index contributed by atoms with van der Waals surface area (Å²) in [6.07, 6.45) is -1.11. The summed E-state index contributed by atoms with van der Waals surface area (Å²) in [5.74, 6) is -0.890. The Kier molecular flexibility index (Phi) is 3.31. The van der Waals surface area contributed by atoms with Gasteiger partial charge in [0.1, 0.15) is 11.6 Å². The van der Waals surface area contributed by atoms with E-state index in [1.165, 1.54) is 6.92 Å². The zero-order chi connectivity index (χ0) is 10.9. The van der Waals surface area contributed by atoms with Crippen LogP contribution in [0.1, 0.15) is 17.2 Å². The average Bonchev–Trinajstić information content (AvgIpc) is 2.15. The summed E-state index contributed by atoms with van der Waals surface area (Å²) >= 11 is 5.55. The fourth-order valence-electron chi connectivity index (χ4n) is 1.25. The molecule has 0 heterocycles. The van der Waals surface area contributed by atoms with Crippen molar-refractivity contribution >= 4 is 11.6 Å². The van der Waals surface area contributed by atoms with E-state index in [0.717, 1.165) is 6.07 Å². The molecule has 0 aromatic heterocycles. The molecule has 0 radical (unpaired) electrons. The van der Waals surface area contributed by atoms with E-state index in [0.29, 0.717) is 0 Å². The number of phenolic OH excluding ortho intramolecular Hbond substituents is 1. The molecule has 4 N–H and O–H groups in total. The number of hydrogen-bond donors (Lipinski definition) is 3. The number of phenols is 1. The van der Waals surface area contributed by atoms with E-state index >= 15 is 0 Å². The lowest BCUT2D eigenvalue weighted by Crippen LogP contribution is -2.13. The highest BCUT2D eigenvalue weighted by Crippen LogP contribution is 2.35. The number of aliphatic hydroxyl groups is 1. The molecular formula is C9H11ClFNO2. The van der Waals surface area contributed by atoms with Crippen LogP contribution >= 0.6 is 11.6 Å². The SMILES string of the molecule is Cc1c(F)cc(Cl)c(O)c1C(O)CN. The van der Waals surface area contributed by atoms with Gasteiger partial charge in [-0.05, 0) is 18.6 Å². The first kappa shape index (κ1) is 11.2. The van der Waals surface area contributed by atoms with E-state index in [1.54, 1.807) is 0 Å². The van der Waals surface area contributed by atoms with Crippen molar-refractivity contribution in [2.24, 2.45) is 5.73 Å². The molecule has 0 aliphatic rings. The van der Waals surface area contributed by atoms with Crippen LogP contribution in [-0.4, -0.2) is 16.8 Å². The number of halogens is 2. The van der Waals surface area contributed by atoms with Crippen molar-refractivity contribution in [3.63, 3.8) is 0 Å². The van der Waals surface area contributed by atoms with Crippen LogP contribution in [-0.2, 0) is 0 Å². The molecule has 1 aromatic rings. The number of hydrogen-bond acceptors (Lipinski definition) is 3. The first-order valence-electron chi connectivity index (χ1n) is 4.04. The Labute approximate surface area is 85.9 Å². The molecule has 0 amide bonds. The van der Waals surface area contributed by atoms with Crippen molar-refractivity contribution in [1.82, 2.24) is 0 Å². The monoisotopic (exact) mass is 219 g/mol. The van der Waals surface area contributed by atoms with Gasteiger partial charge < -0.3 is 15.9 Å². The van der Waals surface area contributed by atoms with Crippen molar-refractivity contribution < 1.29 is 14.6 Å². The molecule has 0 saturated carbocycles. The Hall–Kier alpha value is -0.840. The lowest BCUT2D eigenvalue weighted by Gasteiger charge is -2.15. The lowest BCUT2D eigenvalue weighted by atomic mass is 10.0. The molecule has 5 heteroatoms. The van der Waals surface area contributed by atoms with E-state index in [4.69, 9.17) is 17.3 Å². The molecular weight excluding hydrogens is 209 g/mol. The molecule has 1 rings (SSSR count). The van der Waals surface area contributed by atoms with Crippen LogP contribution in [0.3, 0.4) is 0 Å². The summed E-state index contributed by atoms with van der Waals surface area (Å²) in [6.45, 7) is 1.34. The van der Waals surface area contributed by atoms with Gasteiger partial charge in [-0.1, -0.05) is 11.6 Å². The molecule has 14 heavy (non-hydrogen) atoms. The zero-order valence-electron chi connectivity index (χ0n) is 7.59. The van der Waals surface area contributed by atoms with E-state index in [9.17, 15) is 14.6 Å². The molecule has 1 aromatic carbocycles. The minimum atomic E-state index is -1.11. The predicted molar refractivity (Wildman–Crippen MR) is 51.8 cm³/mol. The highest BCUT2D eigenvalue weighted by atomic mass is 35.5. The normalized spacial score (nSPS) is 12.9. The summed E-state index contributed by atoms with van der Waals surface area (Å²) in [5, 5.41) is 18.8. The Balaban J connectivity index is 3.39. The Morgan fingerprint density at radius 1 is 1.64 bits per heavy atom. The summed E-state index contributed by atoms with van der Waals surface area (Å²) in [6, 6.07) is 0.999. The van der Waals surface area contributed by atoms with Crippen molar-refractivity contribution in [3.05, 3.63) is 28.0 Å². The van der Waals surface area contributed by atoms with E-state index in [2.05, 4.69) is 0 Å². The summed E-state index contributed by atoms with van der Waals surface area (Å²) in [4.78, 5) is 0. The summed E-state index contributed by atoms with van der Waals surface area (Å²) in [7, 11) is 0. The maximum absolute atomic E-state index is 13.2. The fraction of sp³-hybridized carbons (Fsp3) is 0.333. The number of aliphatic hydroxyl groups excluding tert-OH is 1. The standard InChI is InChI=1S/C9H11ClFNO2/c1-4-6(11)2-5(10)9(14)8(4)7(13)3-12/h2,7,13-14H,3,12H2,1H3. The van der Waals surface area contributed by atoms with Gasteiger partial charge >= 0.3 is 0 Å². The Morgan fingerprint density at radius 3 is 2.71 bits per heavy atom. The van der Waals surface area contributed by atoms with Crippen LogP contribution in [0.4, 0.5) is 4.39 Å². The van der Waals surface area contributed by atoms with Gasteiger partial charge in [-0.15, -0.1) is 0 Å². The van der Waals surface area contributed by atoms with Crippen LogP contribution in [0, 0.1) is 12.7 Å². The molecule has 1 atom stereocenters. The zero-order valence-corrected chi connectivity index (χ0v) is 8.35. The van der Waals surface area contributed by atoms with Crippen LogP contribution in [0.2, 0.25) is 5.02 Å². The fourth-order valence-corrected chi connectivity index (χ4v) is 1.45. The minimum Gasteiger partial charge on any atom is -0.506 e. The quantitative estimate of drug-likeness (QED) is 0.706. The van der Waals surface area contributed by atoms with Crippen LogP contribution in [0.25, 0.3) is 0 Å². The van der Waals surface area contributed by atoms with Gasteiger partial charge in [0.2, 0.25) is 0 Å². The molecule has 1 unspecified atom stereocenters. The first-order valence-corrected chi connectivity index (χ1v) is 4.42. The van der Waals surface area contributed by atoms with E-state index in [-0.39, 0.29) is 28.4 Å². The minimum absolute atomic E-state index is 0.0532. The maximum atomic E-state index is 13.2. The van der Waals surface area contributed by atoms with E-state index in [1.807, 2.05) is 0 Å². The van der Waals surface area contributed by atoms with Crippen molar-refractivity contribution in [2.75, 3.05) is 6.54 Å². The maximum Gasteiger partial charge on any atom is 0.140 e. The Morgan fingerprint density at radius 2 is 2.21 bits per heavy atom. The largest absolute Gasteiger partial charge is 0.506 e. The van der Waals surface area contributed by atoms with Gasteiger partial charge in [-0.2, -0.15) is 0 Å². The molecule has 0 aliphatic carbocycles. The lowest BCUT2D eigenvalue weighted by molar-refractivity contribution is 0.181. The van der Waals surface area contributed by atoms with Crippen molar-refractivity contribution in [1.29, 1.82) is 0 Å². The number of aromatic hydroxyl groups is 1. The third kappa shape index (κ3) is 1.82. The van der Waals surface area contributed by atoms with Crippen LogP contribution in [0.5, 0.6) is 5.75 Å². The summed E-state index contributed by atoms with van der Waals surface area (Å²) < 4.78 is 13.2. The van der Waals surface area contributed by atoms with Crippen molar-refractivity contribution in [3.8, 4) is 5.75 Å². The van der Waals surface area contributed by atoms with Crippen LogP contribution < -0.4 is 5.73 Å². The highest BCUT2D eigenvalue weighted by molar-refractivity contribution is 6.32. The van der Waals surface area contributed by atoms with Gasteiger partial charge in [0.25, 0.3) is 0 Å². The Bertz CT molecular complexity index is 331. The highest BCUT2D eigenvalue weighted by Gasteiger charge is 2.19. The summed E-state index contributed by atoms with van der Waals surface area (Å²) in [5.41, 5.74) is 5.43. The smallest absolute Gasteiger partial charge is 0.140 e. The van der Waals surface area contributed by atoms with Gasteiger partial charge in [0.15, 0.2) is 0 Å². The second-order valence-corrected chi connectivity index (χ2v) is 3.39.